The first kappa shape index (κ1) is 18.4. The molecule has 0 aliphatic carbocycles. The molecule has 6 nitrogen and oxygen atoms in total. The maximum Gasteiger partial charge on any atom is 0.326 e. The molecule has 0 saturated carbocycles. The number of carbonyl (C=O) groups excluding carboxylic acids is 2. The zero-order chi connectivity index (χ0) is 18.6. The van der Waals surface area contributed by atoms with E-state index >= 15 is 0 Å². The van der Waals surface area contributed by atoms with Gasteiger partial charge < -0.3 is 14.8 Å². The molecule has 0 fully saturated rings. The van der Waals surface area contributed by atoms with E-state index in [-0.39, 0.29) is 17.5 Å². The van der Waals surface area contributed by atoms with Crippen LogP contribution < -0.4 is 5.32 Å². The van der Waals surface area contributed by atoms with Gasteiger partial charge in [-0.2, -0.15) is 0 Å². The molecule has 0 bridgehead atoms. The molecular formula is C19H21NO5. The summed E-state index contributed by atoms with van der Waals surface area (Å²) in [5.41, 5.74) is 1.31. The number of aliphatic carboxylic acids is 1. The molecule has 0 spiro atoms. The zero-order valence-corrected chi connectivity index (χ0v) is 14.4. The van der Waals surface area contributed by atoms with Gasteiger partial charge in [0.2, 0.25) is 0 Å². The Labute approximate surface area is 145 Å². The second-order valence-electron chi connectivity index (χ2n) is 6.29. The Hall–Kier alpha value is -2.89. The number of ketones is 1. The van der Waals surface area contributed by atoms with E-state index in [2.05, 4.69) is 5.32 Å². The van der Waals surface area contributed by atoms with Crippen molar-refractivity contribution in [1.82, 2.24) is 5.32 Å². The molecule has 1 aromatic carbocycles. The normalized spacial score (nSPS) is 12.0. The lowest BCUT2D eigenvalue weighted by molar-refractivity contribution is -0.139. The molecule has 1 aromatic heterocycles. The Morgan fingerprint density at radius 3 is 2.24 bits per heavy atom. The maximum atomic E-state index is 12.2. The van der Waals surface area contributed by atoms with Crippen molar-refractivity contribution in [3.63, 3.8) is 0 Å². The van der Waals surface area contributed by atoms with Crippen LogP contribution in [0.15, 0.2) is 40.8 Å². The van der Waals surface area contributed by atoms with Crippen LogP contribution in [0.5, 0.6) is 0 Å². The van der Waals surface area contributed by atoms with Gasteiger partial charge in [0.1, 0.15) is 11.8 Å². The summed E-state index contributed by atoms with van der Waals surface area (Å²) in [6, 6.07) is 9.00. The second kappa shape index (κ2) is 7.79. The van der Waals surface area contributed by atoms with Gasteiger partial charge in [-0.15, -0.1) is 0 Å². The lowest BCUT2D eigenvalue weighted by Gasteiger charge is -2.15. The molecule has 6 heteroatoms. The van der Waals surface area contributed by atoms with Gasteiger partial charge >= 0.3 is 5.97 Å². The number of rotatable bonds is 7. The van der Waals surface area contributed by atoms with E-state index in [4.69, 9.17) is 4.42 Å². The summed E-state index contributed by atoms with van der Waals surface area (Å²) < 4.78 is 5.53. The highest BCUT2D eigenvalue weighted by Gasteiger charge is 2.23. The van der Waals surface area contributed by atoms with Gasteiger partial charge in [0.15, 0.2) is 11.5 Å². The standard InChI is InChI=1S/C19H21NO5/c1-11(2)10-15(19(23)24)20-18(22)17-9-8-16(25-17)14-6-4-13(5-7-14)12(3)21/h4-9,11,15H,10H2,1-3H3,(H,20,22)(H,23,24)/t15-/m1/s1. The summed E-state index contributed by atoms with van der Waals surface area (Å²) in [6.45, 7) is 5.26. The van der Waals surface area contributed by atoms with Crippen molar-refractivity contribution in [2.75, 3.05) is 0 Å². The molecule has 0 aliphatic rings. The molecule has 132 valence electrons. The van der Waals surface area contributed by atoms with Crippen LogP contribution in [0.25, 0.3) is 11.3 Å². The number of hydrogen-bond donors (Lipinski definition) is 2. The molecular weight excluding hydrogens is 322 g/mol. The third-order valence-electron chi connectivity index (χ3n) is 3.72. The fraction of sp³-hybridized carbons (Fsp3) is 0.316. The van der Waals surface area contributed by atoms with Gasteiger partial charge in [-0.1, -0.05) is 38.1 Å². The first-order valence-electron chi connectivity index (χ1n) is 8.02. The summed E-state index contributed by atoms with van der Waals surface area (Å²) in [7, 11) is 0. The maximum absolute atomic E-state index is 12.2. The Morgan fingerprint density at radius 2 is 1.72 bits per heavy atom. The molecule has 0 unspecified atom stereocenters. The smallest absolute Gasteiger partial charge is 0.326 e. The summed E-state index contributed by atoms with van der Waals surface area (Å²) >= 11 is 0. The van der Waals surface area contributed by atoms with Gasteiger partial charge in [-0.25, -0.2) is 4.79 Å². The highest BCUT2D eigenvalue weighted by atomic mass is 16.4. The number of hydrogen-bond acceptors (Lipinski definition) is 4. The minimum atomic E-state index is -1.08. The van der Waals surface area contributed by atoms with Gasteiger partial charge in [0.05, 0.1) is 0 Å². The summed E-state index contributed by atoms with van der Waals surface area (Å²) in [5, 5.41) is 11.7. The van der Waals surface area contributed by atoms with Crippen LogP contribution in [0.3, 0.4) is 0 Å². The van der Waals surface area contributed by atoms with Gasteiger partial charge in [0.25, 0.3) is 5.91 Å². The molecule has 2 rings (SSSR count). The van der Waals surface area contributed by atoms with Crippen molar-refractivity contribution < 1.29 is 23.9 Å². The summed E-state index contributed by atoms with van der Waals surface area (Å²) in [6.07, 6.45) is 0.334. The minimum Gasteiger partial charge on any atom is -0.480 e. The Kier molecular flexibility index (Phi) is 5.75. The predicted molar refractivity (Wildman–Crippen MR) is 92.5 cm³/mol. The lowest BCUT2D eigenvalue weighted by atomic mass is 10.0. The van der Waals surface area contributed by atoms with Crippen molar-refractivity contribution >= 4 is 17.7 Å². The fourth-order valence-corrected chi connectivity index (χ4v) is 2.41. The molecule has 1 atom stereocenters. The number of furan rings is 1. The third-order valence-corrected chi connectivity index (χ3v) is 3.72. The first-order chi connectivity index (χ1) is 11.8. The highest BCUT2D eigenvalue weighted by molar-refractivity contribution is 5.95. The number of carboxylic acids is 1. The molecule has 1 heterocycles. The Bertz CT molecular complexity index is 773. The van der Waals surface area contributed by atoms with Gasteiger partial charge in [-0.3, -0.25) is 9.59 Å². The van der Waals surface area contributed by atoms with E-state index in [0.717, 1.165) is 5.56 Å². The van der Waals surface area contributed by atoms with Crippen LogP contribution in [-0.2, 0) is 4.79 Å². The zero-order valence-electron chi connectivity index (χ0n) is 14.4. The van der Waals surface area contributed by atoms with Crippen LogP contribution in [0.1, 0.15) is 48.1 Å². The number of benzene rings is 1. The number of carbonyl (C=O) groups is 3. The van der Waals surface area contributed by atoms with Crippen molar-refractivity contribution in [3.05, 3.63) is 47.7 Å². The first-order valence-corrected chi connectivity index (χ1v) is 8.02. The molecule has 1 amide bonds. The van der Waals surface area contributed by atoms with Gasteiger partial charge in [0, 0.05) is 11.1 Å². The van der Waals surface area contributed by atoms with Crippen LogP contribution in [0.2, 0.25) is 0 Å². The van der Waals surface area contributed by atoms with E-state index in [1.807, 2.05) is 13.8 Å². The molecule has 2 aromatic rings. The molecule has 0 aliphatic heterocycles. The predicted octanol–water partition coefficient (Wildman–Crippen LogP) is 3.38. The molecule has 2 N–H and O–H groups in total. The number of amides is 1. The third kappa shape index (κ3) is 4.79. The molecule has 25 heavy (non-hydrogen) atoms. The van der Waals surface area contributed by atoms with E-state index < -0.39 is 17.9 Å². The number of nitrogens with one attached hydrogen (secondary N) is 1. The second-order valence-corrected chi connectivity index (χ2v) is 6.29. The fourth-order valence-electron chi connectivity index (χ4n) is 2.41. The average molecular weight is 343 g/mol. The van der Waals surface area contributed by atoms with Crippen LogP contribution in [0, 0.1) is 5.92 Å². The van der Waals surface area contributed by atoms with Crippen molar-refractivity contribution in [1.29, 1.82) is 0 Å². The van der Waals surface area contributed by atoms with Crippen LogP contribution in [-0.4, -0.2) is 28.8 Å². The van der Waals surface area contributed by atoms with Crippen LogP contribution in [0.4, 0.5) is 0 Å². The van der Waals surface area contributed by atoms with E-state index in [1.54, 1.807) is 30.3 Å². The summed E-state index contributed by atoms with van der Waals surface area (Å²) in [5.74, 6) is -1.03. The van der Waals surface area contributed by atoms with E-state index in [0.29, 0.717) is 17.7 Å². The van der Waals surface area contributed by atoms with Gasteiger partial charge in [-0.05, 0) is 31.4 Å². The molecule has 0 radical (unpaired) electrons. The Morgan fingerprint density at radius 1 is 1.08 bits per heavy atom. The number of Topliss-reactive ketones (excluding diaryl/α,β-unsaturated/α-hetero) is 1. The topological polar surface area (TPSA) is 96.6 Å². The largest absolute Gasteiger partial charge is 0.480 e. The average Bonchev–Trinajstić information content (AvgIpc) is 3.03. The summed E-state index contributed by atoms with van der Waals surface area (Å²) in [4.78, 5) is 34.8. The monoisotopic (exact) mass is 343 g/mol. The minimum absolute atomic E-state index is 0.0315. The molecule has 0 saturated heterocycles. The van der Waals surface area contributed by atoms with Crippen molar-refractivity contribution in [3.8, 4) is 11.3 Å². The van der Waals surface area contributed by atoms with E-state index in [1.165, 1.54) is 13.0 Å². The van der Waals surface area contributed by atoms with Crippen molar-refractivity contribution in [2.24, 2.45) is 5.92 Å². The lowest BCUT2D eigenvalue weighted by Crippen LogP contribution is -2.41. The quantitative estimate of drug-likeness (QED) is 0.751. The Balaban J connectivity index is 2.12. The SMILES string of the molecule is CC(=O)c1ccc(-c2ccc(C(=O)N[C@H](CC(C)C)C(=O)O)o2)cc1. The van der Waals surface area contributed by atoms with E-state index in [9.17, 15) is 19.5 Å². The highest BCUT2D eigenvalue weighted by Crippen LogP contribution is 2.23. The number of carboxylic acid groups (broad SMARTS) is 1. The van der Waals surface area contributed by atoms with Crippen molar-refractivity contribution in [2.45, 2.75) is 33.2 Å². The van der Waals surface area contributed by atoms with Crippen LogP contribution >= 0.6 is 0 Å².